The summed E-state index contributed by atoms with van der Waals surface area (Å²) in [6.07, 6.45) is 4.77. The summed E-state index contributed by atoms with van der Waals surface area (Å²) in [4.78, 5) is 30.9. The Hall–Kier alpha value is -4.00. The number of hydrogen-bond acceptors (Lipinski definition) is 8. The molecule has 196 valence electrons. The molecule has 1 aliphatic carbocycles. The Morgan fingerprint density at radius 2 is 2.03 bits per heavy atom. The van der Waals surface area contributed by atoms with Crippen molar-refractivity contribution in [1.82, 2.24) is 4.90 Å². The van der Waals surface area contributed by atoms with E-state index < -0.39 is 11.8 Å². The number of ether oxygens (including phenoxy) is 4. The first-order valence-electron chi connectivity index (χ1n) is 12.4. The lowest BCUT2D eigenvalue weighted by atomic mass is 9.88. The number of hydrogen-bond donors (Lipinski definition) is 0. The molecule has 0 radical (unpaired) electrons. The Morgan fingerprint density at radius 3 is 2.79 bits per heavy atom. The molecular formula is C29H27ClN2O6. The van der Waals surface area contributed by atoms with Crippen molar-refractivity contribution in [2.45, 2.75) is 38.9 Å². The molecular weight excluding hydrogens is 508 g/mol. The molecule has 8 nitrogen and oxygen atoms in total. The lowest BCUT2D eigenvalue weighted by molar-refractivity contribution is -0.148. The first kappa shape index (κ1) is 25.6. The number of aliphatic imine (C=N–C) groups is 1. The zero-order valence-corrected chi connectivity index (χ0v) is 21.9. The second-order valence-electron chi connectivity index (χ2n) is 9.07. The molecule has 0 N–H and O–H groups in total. The van der Waals surface area contributed by atoms with Gasteiger partial charge in [-0.05, 0) is 56.2 Å². The molecule has 2 aliphatic heterocycles. The molecule has 0 saturated heterocycles. The third kappa shape index (κ3) is 5.05. The molecule has 1 spiro atoms. The number of esters is 1. The Kier molecular flexibility index (Phi) is 7.27. The van der Waals surface area contributed by atoms with Gasteiger partial charge in [0.15, 0.2) is 5.94 Å². The second kappa shape index (κ2) is 10.8. The van der Waals surface area contributed by atoms with E-state index >= 15 is 0 Å². The topological polar surface area (TPSA) is 86.7 Å². The molecule has 5 rings (SSSR count). The minimum atomic E-state index is -0.792. The normalized spacial score (nSPS) is 17.4. The van der Waals surface area contributed by atoms with E-state index in [9.17, 15) is 9.59 Å². The van der Waals surface area contributed by atoms with Crippen LogP contribution in [0.2, 0.25) is 5.02 Å². The van der Waals surface area contributed by atoms with Gasteiger partial charge >= 0.3 is 5.97 Å². The van der Waals surface area contributed by atoms with Gasteiger partial charge in [-0.2, -0.15) is 0 Å². The fourth-order valence-corrected chi connectivity index (χ4v) is 5.07. The summed E-state index contributed by atoms with van der Waals surface area (Å²) in [5, 5.41) is 0.538. The molecule has 0 saturated carbocycles. The van der Waals surface area contributed by atoms with Gasteiger partial charge < -0.3 is 23.8 Å². The molecule has 2 heterocycles. The van der Waals surface area contributed by atoms with Crippen LogP contribution in [0.4, 0.5) is 0 Å². The van der Waals surface area contributed by atoms with Crippen LogP contribution < -0.4 is 4.74 Å². The number of carbonyl (C=O) groups is 1. The van der Waals surface area contributed by atoms with Gasteiger partial charge in [-0.25, -0.2) is 14.6 Å². The van der Waals surface area contributed by atoms with Gasteiger partial charge in [0.2, 0.25) is 0 Å². The van der Waals surface area contributed by atoms with Crippen molar-refractivity contribution in [3.8, 4) is 16.9 Å². The molecule has 3 aliphatic rings. The zero-order valence-electron chi connectivity index (χ0n) is 21.2. The molecule has 0 amide bonds. The van der Waals surface area contributed by atoms with E-state index in [0.717, 1.165) is 22.4 Å². The largest absolute Gasteiger partial charge is 0.491 e. The summed E-state index contributed by atoms with van der Waals surface area (Å²) in [6, 6.07) is 12.4. The van der Waals surface area contributed by atoms with Crippen molar-refractivity contribution in [2.24, 2.45) is 4.99 Å². The van der Waals surface area contributed by atoms with Gasteiger partial charge in [-0.1, -0.05) is 23.7 Å². The van der Waals surface area contributed by atoms with Crippen LogP contribution in [0.5, 0.6) is 5.75 Å². The number of nitrogens with zero attached hydrogens (tertiary/aromatic N) is 2. The van der Waals surface area contributed by atoms with Gasteiger partial charge in [-0.3, -0.25) is 0 Å². The number of benzene rings is 2. The summed E-state index contributed by atoms with van der Waals surface area (Å²) >= 11 is 6.30. The van der Waals surface area contributed by atoms with Crippen molar-refractivity contribution < 1.29 is 28.5 Å². The second-order valence-corrected chi connectivity index (χ2v) is 9.51. The van der Waals surface area contributed by atoms with Crippen LogP contribution in [-0.2, 0) is 19.0 Å². The minimum Gasteiger partial charge on any atom is -0.491 e. The average molecular weight is 535 g/mol. The van der Waals surface area contributed by atoms with Crippen LogP contribution >= 0.6 is 11.6 Å². The number of allylic oxidation sites excluding steroid dienone is 2. The summed E-state index contributed by atoms with van der Waals surface area (Å²) < 4.78 is 22.7. The van der Waals surface area contributed by atoms with Crippen LogP contribution in [-0.4, -0.2) is 48.2 Å². The van der Waals surface area contributed by atoms with E-state index in [1.807, 2.05) is 17.9 Å². The molecule has 2 aromatic carbocycles. The van der Waals surface area contributed by atoms with Gasteiger partial charge in [0.1, 0.15) is 36.4 Å². The molecule has 0 unspecified atom stereocenters. The third-order valence-corrected chi connectivity index (χ3v) is 6.93. The highest BCUT2D eigenvalue weighted by Gasteiger charge is 2.44. The summed E-state index contributed by atoms with van der Waals surface area (Å²) in [5.41, 5.74) is 4.02. The van der Waals surface area contributed by atoms with E-state index in [0.29, 0.717) is 60.3 Å². The van der Waals surface area contributed by atoms with E-state index in [4.69, 9.17) is 35.5 Å². The van der Waals surface area contributed by atoms with Crippen LogP contribution in [0.1, 0.15) is 43.5 Å². The lowest BCUT2D eigenvalue weighted by Crippen LogP contribution is -2.41. The number of halogens is 1. The van der Waals surface area contributed by atoms with Crippen molar-refractivity contribution in [1.29, 1.82) is 0 Å². The molecule has 2 aromatic rings. The van der Waals surface area contributed by atoms with Crippen LogP contribution in [0, 0.1) is 0 Å². The average Bonchev–Trinajstić information content (AvgIpc) is 3.37. The predicted molar refractivity (Wildman–Crippen MR) is 142 cm³/mol. The number of carbonyl (C=O) groups excluding carboxylic acids is 2. The Bertz CT molecular complexity index is 1400. The maximum Gasteiger partial charge on any atom is 0.338 e. The highest BCUT2D eigenvalue weighted by atomic mass is 35.5. The van der Waals surface area contributed by atoms with Crippen molar-refractivity contribution >= 4 is 29.3 Å². The fourth-order valence-electron chi connectivity index (χ4n) is 4.90. The van der Waals surface area contributed by atoms with E-state index in [1.165, 1.54) is 12.5 Å². The van der Waals surface area contributed by atoms with E-state index in [-0.39, 0.29) is 6.61 Å². The SMILES string of the molecule is CCOC(=O)c1cccc(-c2cc(Cl)ccc2OCCN2C(=C=O)C3=C(CCC4(C3)OC=CO4)N=C2C)c1. The van der Waals surface area contributed by atoms with Crippen LogP contribution in [0.15, 0.2) is 76.9 Å². The van der Waals surface area contributed by atoms with Crippen molar-refractivity contribution in [2.75, 3.05) is 19.8 Å². The maximum absolute atomic E-state index is 12.2. The van der Waals surface area contributed by atoms with Gasteiger partial charge in [0.05, 0.1) is 25.1 Å². The first-order chi connectivity index (χ1) is 18.4. The lowest BCUT2D eigenvalue weighted by Gasteiger charge is -2.38. The number of amidine groups is 1. The maximum atomic E-state index is 12.2. The first-order valence-corrected chi connectivity index (χ1v) is 12.8. The smallest absolute Gasteiger partial charge is 0.338 e. The minimum absolute atomic E-state index is 0.256. The summed E-state index contributed by atoms with van der Waals surface area (Å²) in [5.74, 6) is 2.22. The highest BCUT2D eigenvalue weighted by Crippen LogP contribution is 2.44. The standard InChI is InChI=1S/C29H27ClN2O6/c1-3-35-28(34)21-6-4-5-20(15-21)23-16-22(30)7-8-27(23)36-12-11-32-19(2)31-25-9-10-29(37-13-14-38-29)17-24(25)26(32)18-33/h4-8,13-16H,3,9-12,17H2,1-2H3. The van der Waals surface area contributed by atoms with E-state index in [1.54, 1.807) is 43.3 Å². The Balaban J connectivity index is 1.33. The highest BCUT2D eigenvalue weighted by molar-refractivity contribution is 6.31. The Morgan fingerprint density at radius 1 is 1.21 bits per heavy atom. The molecule has 0 fully saturated rings. The quantitative estimate of drug-likeness (QED) is 0.334. The molecule has 9 heteroatoms. The van der Waals surface area contributed by atoms with Crippen molar-refractivity contribution in [3.05, 3.63) is 82.5 Å². The summed E-state index contributed by atoms with van der Waals surface area (Å²) in [6.45, 7) is 4.55. The molecule has 0 bridgehead atoms. The van der Waals surface area contributed by atoms with Crippen LogP contribution in [0.25, 0.3) is 11.1 Å². The molecule has 0 aromatic heterocycles. The van der Waals surface area contributed by atoms with Crippen LogP contribution in [0.3, 0.4) is 0 Å². The predicted octanol–water partition coefficient (Wildman–Crippen LogP) is 5.66. The van der Waals surface area contributed by atoms with Crippen molar-refractivity contribution in [3.63, 3.8) is 0 Å². The Labute approximate surface area is 225 Å². The fraction of sp³-hybridized carbons (Fsp3) is 0.310. The van der Waals surface area contributed by atoms with Gasteiger partial charge in [0.25, 0.3) is 5.79 Å². The summed E-state index contributed by atoms with van der Waals surface area (Å²) in [7, 11) is 0. The zero-order chi connectivity index (χ0) is 26.7. The monoisotopic (exact) mass is 534 g/mol. The van der Waals surface area contributed by atoms with Gasteiger partial charge in [-0.15, -0.1) is 0 Å². The van der Waals surface area contributed by atoms with Gasteiger partial charge in [0, 0.05) is 28.3 Å². The third-order valence-electron chi connectivity index (χ3n) is 6.70. The molecule has 0 atom stereocenters. The number of rotatable bonds is 7. The molecule has 38 heavy (non-hydrogen) atoms. The van der Waals surface area contributed by atoms with E-state index in [2.05, 4.69) is 5.94 Å².